The molecule has 1 aromatic carbocycles. The van der Waals surface area contributed by atoms with Crippen LogP contribution in [0.25, 0.3) is 0 Å². The van der Waals surface area contributed by atoms with Crippen LogP contribution in [-0.2, 0) is 17.8 Å². The number of hydrogen-bond donors (Lipinski definition) is 2. The Bertz CT molecular complexity index is 846. The SMILES string of the molecule is Nc1ncc(C(=O)N(C(=O)C2CCC2)c2ccc3c(c2)CNCC3)cn1. The van der Waals surface area contributed by atoms with Gasteiger partial charge >= 0.3 is 0 Å². The van der Waals surface area contributed by atoms with Crippen molar-refractivity contribution in [3.63, 3.8) is 0 Å². The summed E-state index contributed by atoms with van der Waals surface area (Å²) in [6, 6.07) is 5.81. The van der Waals surface area contributed by atoms with Crippen LogP contribution < -0.4 is 16.0 Å². The van der Waals surface area contributed by atoms with Gasteiger partial charge in [-0.25, -0.2) is 14.9 Å². The fraction of sp³-hybridized carbons (Fsp3) is 0.368. The van der Waals surface area contributed by atoms with Gasteiger partial charge in [-0.15, -0.1) is 0 Å². The highest BCUT2D eigenvalue weighted by molar-refractivity contribution is 6.21. The molecule has 2 aromatic rings. The molecule has 0 unspecified atom stereocenters. The first-order valence-corrected chi connectivity index (χ1v) is 8.92. The lowest BCUT2D eigenvalue weighted by Gasteiger charge is -2.31. The molecule has 1 aliphatic heterocycles. The predicted octanol–water partition coefficient (Wildman–Crippen LogP) is 1.68. The number of nitrogens with one attached hydrogen (secondary N) is 1. The first kappa shape index (κ1) is 16.7. The van der Waals surface area contributed by atoms with Crippen molar-refractivity contribution < 1.29 is 9.59 Å². The molecule has 1 fully saturated rings. The average Bonchev–Trinajstić information content (AvgIpc) is 2.61. The lowest BCUT2D eigenvalue weighted by molar-refractivity contribution is -0.124. The zero-order chi connectivity index (χ0) is 18.1. The molecule has 26 heavy (non-hydrogen) atoms. The van der Waals surface area contributed by atoms with E-state index in [1.807, 2.05) is 18.2 Å². The molecule has 0 saturated heterocycles. The highest BCUT2D eigenvalue weighted by atomic mass is 16.2. The topological polar surface area (TPSA) is 101 Å². The van der Waals surface area contributed by atoms with Gasteiger partial charge in [-0.05, 0) is 49.1 Å². The summed E-state index contributed by atoms with van der Waals surface area (Å²) in [5.41, 5.74) is 8.75. The van der Waals surface area contributed by atoms with E-state index in [-0.39, 0.29) is 23.3 Å². The zero-order valence-corrected chi connectivity index (χ0v) is 14.4. The predicted molar refractivity (Wildman–Crippen MR) is 97.5 cm³/mol. The number of benzene rings is 1. The second kappa shape index (κ2) is 6.84. The third-order valence-electron chi connectivity index (χ3n) is 5.13. The van der Waals surface area contributed by atoms with Crippen molar-refractivity contribution in [3.8, 4) is 0 Å². The van der Waals surface area contributed by atoms with E-state index in [9.17, 15) is 9.59 Å². The van der Waals surface area contributed by atoms with E-state index in [1.165, 1.54) is 22.9 Å². The minimum absolute atomic E-state index is 0.0946. The van der Waals surface area contributed by atoms with E-state index in [0.717, 1.165) is 44.3 Å². The Morgan fingerprint density at radius 2 is 1.92 bits per heavy atom. The molecule has 2 heterocycles. The summed E-state index contributed by atoms with van der Waals surface area (Å²) in [5.74, 6) is -0.562. The molecule has 3 N–H and O–H groups in total. The van der Waals surface area contributed by atoms with Crippen LogP contribution in [0.2, 0.25) is 0 Å². The Morgan fingerprint density at radius 3 is 2.62 bits per heavy atom. The van der Waals surface area contributed by atoms with E-state index in [4.69, 9.17) is 5.73 Å². The van der Waals surface area contributed by atoms with E-state index < -0.39 is 5.91 Å². The quantitative estimate of drug-likeness (QED) is 0.816. The lowest BCUT2D eigenvalue weighted by atomic mass is 9.84. The number of imide groups is 1. The Balaban J connectivity index is 1.71. The summed E-state index contributed by atoms with van der Waals surface area (Å²) < 4.78 is 0. The van der Waals surface area contributed by atoms with Crippen LogP contribution in [0.5, 0.6) is 0 Å². The molecule has 1 saturated carbocycles. The van der Waals surface area contributed by atoms with Crippen LogP contribution in [0.1, 0.15) is 40.7 Å². The Kier molecular flexibility index (Phi) is 4.38. The maximum atomic E-state index is 13.1. The van der Waals surface area contributed by atoms with Crippen molar-refractivity contribution in [1.29, 1.82) is 0 Å². The molecule has 2 aliphatic rings. The van der Waals surface area contributed by atoms with Gasteiger partial charge in [0.2, 0.25) is 11.9 Å². The number of nitrogens with zero attached hydrogens (tertiary/aromatic N) is 3. The third kappa shape index (κ3) is 3.06. The number of fused-ring (bicyclic) bond motifs is 1. The molecule has 1 aliphatic carbocycles. The minimum atomic E-state index is -0.411. The molecule has 0 spiro atoms. The highest BCUT2D eigenvalue weighted by Gasteiger charge is 2.34. The van der Waals surface area contributed by atoms with Crippen molar-refractivity contribution in [2.75, 3.05) is 17.2 Å². The number of aromatic nitrogens is 2. The van der Waals surface area contributed by atoms with Gasteiger partial charge in [0.05, 0.1) is 11.3 Å². The average molecular weight is 351 g/mol. The summed E-state index contributed by atoms with van der Waals surface area (Å²) >= 11 is 0. The number of amides is 2. The smallest absolute Gasteiger partial charge is 0.268 e. The van der Waals surface area contributed by atoms with E-state index in [2.05, 4.69) is 15.3 Å². The molecule has 7 heteroatoms. The number of nitrogen functional groups attached to an aromatic ring is 1. The van der Waals surface area contributed by atoms with Gasteiger partial charge in [0.25, 0.3) is 5.91 Å². The van der Waals surface area contributed by atoms with Crippen LogP contribution >= 0.6 is 0 Å². The first-order valence-electron chi connectivity index (χ1n) is 8.92. The van der Waals surface area contributed by atoms with Crippen molar-refractivity contribution in [2.24, 2.45) is 5.92 Å². The second-order valence-electron chi connectivity index (χ2n) is 6.82. The number of carbonyl (C=O) groups excluding carboxylic acids is 2. The van der Waals surface area contributed by atoms with Gasteiger partial charge in [0, 0.05) is 24.9 Å². The van der Waals surface area contributed by atoms with Gasteiger partial charge in [0.15, 0.2) is 0 Å². The molecule has 134 valence electrons. The number of nitrogens with two attached hydrogens (primary N) is 1. The van der Waals surface area contributed by atoms with Gasteiger partial charge in [-0.2, -0.15) is 0 Å². The fourth-order valence-corrected chi connectivity index (χ4v) is 3.37. The number of hydrogen-bond acceptors (Lipinski definition) is 6. The summed E-state index contributed by atoms with van der Waals surface area (Å²) in [5, 5.41) is 3.33. The third-order valence-corrected chi connectivity index (χ3v) is 5.13. The summed E-state index contributed by atoms with van der Waals surface area (Å²) in [6.07, 6.45) is 6.36. The Morgan fingerprint density at radius 1 is 1.15 bits per heavy atom. The Hall–Kier alpha value is -2.80. The molecule has 7 nitrogen and oxygen atoms in total. The van der Waals surface area contributed by atoms with E-state index in [0.29, 0.717) is 5.69 Å². The largest absolute Gasteiger partial charge is 0.368 e. The Labute approximate surface area is 151 Å². The first-order chi connectivity index (χ1) is 12.6. The van der Waals surface area contributed by atoms with Crippen LogP contribution in [0.15, 0.2) is 30.6 Å². The summed E-state index contributed by atoms with van der Waals surface area (Å²) in [7, 11) is 0. The monoisotopic (exact) mass is 351 g/mol. The normalized spacial score (nSPS) is 16.5. The van der Waals surface area contributed by atoms with Crippen LogP contribution in [0.4, 0.5) is 11.6 Å². The highest BCUT2D eigenvalue weighted by Crippen LogP contribution is 2.32. The maximum Gasteiger partial charge on any atom is 0.268 e. The molecule has 0 bridgehead atoms. The molecular weight excluding hydrogens is 330 g/mol. The second-order valence-corrected chi connectivity index (χ2v) is 6.82. The standard InChI is InChI=1S/C19H21N5O2/c20-19-22-10-15(11-23-19)18(26)24(17(25)13-2-1-3-13)16-5-4-12-6-7-21-9-14(12)8-16/h4-5,8,10-11,13,21H,1-3,6-7,9H2,(H2,20,22,23). The maximum absolute atomic E-state index is 13.1. The van der Waals surface area contributed by atoms with Crippen LogP contribution in [0.3, 0.4) is 0 Å². The fourth-order valence-electron chi connectivity index (χ4n) is 3.37. The van der Waals surface area contributed by atoms with E-state index in [1.54, 1.807) is 0 Å². The number of carbonyl (C=O) groups is 2. The lowest BCUT2D eigenvalue weighted by Crippen LogP contribution is -2.43. The van der Waals surface area contributed by atoms with Gasteiger partial charge in [0.1, 0.15) is 0 Å². The van der Waals surface area contributed by atoms with Crippen LogP contribution in [-0.4, -0.2) is 28.3 Å². The molecule has 1 aromatic heterocycles. The van der Waals surface area contributed by atoms with Crippen molar-refractivity contribution in [1.82, 2.24) is 15.3 Å². The van der Waals surface area contributed by atoms with Gasteiger partial charge in [-0.3, -0.25) is 9.59 Å². The van der Waals surface area contributed by atoms with Crippen molar-refractivity contribution in [2.45, 2.75) is 32.2 Å². The number of anilines is 2. The van der Waals surface area contributed by atoms with Crippen molar-refractivity contribution in [3.05, 3.63) is 47.3 Å². The summed E-state index contributed by atoms with van der Waals surface area (Å²) in [4.78, 5) is 35.1. The van der Waals surface area contributed by atoms with E-state index >= 15 is 0 Å². The van der Waals surface area contributed by atoms with Gasteiger partial charge in [-0.1, -0.05) is 12.5 Å². The van der Waals surface area contributed by atoms with Crippen LogP contribution in [0, 0.1) is 5.92 Å². The van der Waals surface area contributed by atoms with Crippen molar-refractivity contribution >= 4 is 23.5 Å². The minimum Gasteiger partial charge on any atom is -0.368 e. The summed E-state index contributed by atoms with van der Waals surface area (Å²) in [6.45, 7) is 1.69. The molecular formula is C19H21N5O2. The molecule has 2 amide bonds. The zero-order valence-electron chi connectivity index (χ0n) is 14.4. The molecule has 0 atom stereocenters. The molecule has 4 rings (SSSR count). The van der Waals surface area contributed by atoms with Gasteiger partial charge < -0.3 is 11.1 Å². The molecule has 0 radical (unpaired) electrons. The number of rotatable bonds is 3.